The number of rotatable bonds is 6. The number of pyridine rings is 2. The average molecular weight is 486 g/mol. The van der Waals surface area contributed by atoms with Crippen LogP contribution in [0.4, 0.5) is 11.4 Å². The van der Waals surface area contributed by atoms with Gasteiger partial charge in [0.25, 0.3) is 17.4 Å². The van der Waals surface area contributed by atoms with E-state index < -0.39 is 0 Å². The van der Waals surface area contributed by atoms with E-state index in [0.717, 1.165) is 37.3 Å². The van der Waals surface area contributed by atoms with Gasteiger partial charge >= 0.3 is 0 Å². The van der Waals surface area contributed by atoms with Crippen LogP contribution in [-0.2, 0) is 6.54 Å². The molecule has 4 heterocycles. The number of nitrogens with zero attached hydrogens (tertiary/aromatic N) is 3. The van der Waals surface area contributed by atoms with Gasteiger partial charge in [0.05, 0.1) is 16.9 Å². The van der Waals surface area contributed by atoms with E-state index in [4.69, 9.17) is 0 Å². The highest BCUT2D eigenvalue weighted by Gasteiger charge is 2.35. The van der Waals surface area contributed by atoms with Crippen LogP contribution >= 0.6 is 0 Å². The number of carbonyl (C=O) groups is 2. The lowest BCUT2D eigenvalue weighted by Gasteiger charge is -2.44. The molecule has 2 N–H and O–H groups in total. The summed E-state index contributed by atoms with van der Waals surface area (Å²) in [5, 5.41) is 6.02. The Balaban J connectivity index is 1.48. The zero-order chi connectivity index (χ0) is 25.2. The van der Waals surface area contributed by atoms with Crippen LogP contribution in [0.2, 0.25) is 0 Å². The fourth-order valence-electron chi connectivity index (χ4n) is 5.25. The molecule has 3 aromatic rings. The van der Waals surface area contributed by atoms with Crippen LogP contribution in [0, 0.1) is 5.92 Å². The molecule has 1 fully saturated rings. The summed E-state index contributed by atoms with van der Waals surface area (Å²) in [6, 6.07) is 14.5. The first-order chi connectivity index (χ1) is 17.4. The lowest BCUT2D eigenvalue weighted by atomic mass is 9.83. The van der Waals surface area contributed by atoms with Gasteiger partial charge in [-0.3, -0.25) is 19.4 Å². The van der Waals surface area contributed by atoms with Crippen LogP contribution in [0.3, 0.4) is 0 Å². The Morgan fingerprint density at radius 1 is 1.06 bits per heavy atom. The Hall–Kier alpha value is -3.94. The molecule has 1 aromatic carbocycles. The molecule has 8 nitrogen and oxygen atoms in total. The van der Waals surface area contributed by atoms with E-state index in [2.05, 4.69) is 20.5 Å². The molecule has 2 aliphatic heterocycles. The Labute approximate surface area is 210 Å². The molecule has 0 radical (unpaired) electrons. The summed E-state index contributed by atoms with van der Waals surface area (Å²) in [7, 11) is 0. The molecule has 3 atom stereocenters. The van der Waals surface area contributed by atoms with Crippen molar-refractivity contribution in [3.05, 3.63) is 88.1 Å². The van der Waals surface area contributed by atoms with Crippen molar-refractivity contribution in [2.24, 2.45) is 5.92 Å². The van der Waals surface area contributed by atoms with Gasteiger partial charge in [-0.25, -0.2) is 0 Å². The van der Waals surface area contributed by atoms with E-state index in [0.29, 0.717) is 29.3 Å². The van der Waals surface area contributed by atoms with E-state index in [9.17, 15) is 14.4 Å². The summed E-state index contributed by atoms with van der Waals surface area (Å²) in [6.45, 7) is 6.18. The molecule has 2 aliphatic rings. The number of anilines is 2. The third-order valence-corrected chi connectivity index (χ3v) is 7.24. The third kappa shape index (κ3) is 4.76. The minimum absolute atomic E-state index is 0.0514. The van der Waals surface area contributed by atoms with Gasteiger partial charge in [-0.05, 0) is 62.1 Å². The van der Waals surface area contributed by atoms with Crippen molar-refractivity contribution < 1.29 is 9.59 Å². The molecular formula is C28H31N5O3. The fraction of sp³-hybridized carbons (Fsp3) is 0.357. The van der Waals surface area contributed by atoms with Crippen molar-refractivity contribution in [2.75, 3.05) is 23.3 Å². The summed E-state index contributed by atoms with van der Waals surface area (Å²) >= 11 is 0. The van der Waals surface area contributed by atoms with Crippen molar-refractivity contribution in [2.45, 2.75) is 45.2 Å². The highest BCUT2D eigenvalue weighted by atomic mass is 16.2. The molecule has 1 saturated heterocycles. The van der Waals surface area contributed by atoms with E-state index in [1.807, 2.05) is 42.7 Å². The van der Waals surface area contributed by atoms with Crippen molar-refractivity contribution in [3.63, 3.8) is 0 Å². The second kappa shape index (κ2) is 9.97. The Kier molecular flexibility index (Phi) is 6.59. The standard InChI is InChI=1S/C28H31N5O3/c1-3-18(2)30-27(35)20-9-10-25(23(13-20)31-28(36)21-6-5-11-29-14-21)32-15-19-12-22(17-32)24-7-4-8-26(34)33(24)16-19/h4-11,13-14,18-19,22H,3,12,15-17H2,1-2H3,(H,30,35)(H,31,36). The van der Waals surface area contributed by atoms with Crippen LogP contribution in [0.25, 0.3) is 0 Å². The maximum Gasteiger partial charge on any atom is 0.257 e. The summed E-state index contributed by atoms with van der Waals surface area (Å²) in [5.41, 5.74) is 3.52. The lowest BCUT2D eigenvalue weighted by molar-refractivity contribution is 0.0938. The maximum absolute atomic E-state index is 13.0. The van der Waals surface area contributed by atoms with Crippen LogP contribution in [-0.4, -0.2) is 40.5 Å². The molecule has 0 spiro atoms. The molecule has 36 heavy (non-hydrogen) atoms. The number of hydrogen-bond donors (Lipinski definition) is 2. The minimum Gasteiger partial charge on any atom is -0.369 e. The summed E-state index contributed by atoms with van der Waals surface area (Å²) in [6.07, 6.45) is 5.01. The van der Waals surface area contributed by atoms with Crippen molar-refractivity contribution >= 4 is 23.2 Å². The number of nitrogens with one attached hydrogen (secondary N) is 2. The summed E-state index contributed by atoms with van der Waals surface area (Å²) in [4.78, 5) is 44.6. The summed E-state index contributed by atoms with van der Waals surface area (Å²) in [5.74, 6) is 0.0998. The number of benzene rings is 1. The fourth-order valence-corrected chi connectivity index (χ4v) is 5.25. The molecule has 186 valence electrons. The molecule has 2 amide bonds. The monoisotopic (exact) mass is 485 g/mol. The highest BCUT2D eigenvalue weighted by Crippen LogP contribution is 2.39. The van der Waals surface area contributed by atoms with Gasteiger partial charge in [0.15, 0.2) is 0 Å². The van der Waals surface area contributed by atoms with Crippen LogP contribution in [0.15, 0.2) is 65.7 Å². The molecular weight excluding hydrogens is 454 g/mol. The number of amides is 2. The molecule has 5 rings (SSSR count). The third-order valence-electron chi connectivity index (χ3n) is 7.24. The number of fused-ring (bicyclic) bond motifs is 4. The van der Waals surface area contributed by atoms with Crippen LogP contribution in [0.1, 0.15) is 59.0 Å². The van der Waals surface area contributed by atoms with Crippen molar-refractivity contribution in [1.29, 1.82) is 0 Å². The van der Waals surface area contributed by atoms with E-state index in [1.54, 1.807) is 30.5 Å². The first-order valence-corrected chi connectivity index (χ1v) is 12.5. The molecule has 8 heteroatoms. The predicted molar refractivity (Wildman–Crippen MR) is 140 cm³/mol. The second-order valence-electron chi connectivity index (χ2n) is 9.81. The normalized spacial score (nSPS) is 19.2. The molecule has 2 aromatic heterocycles. The van der Waals surface area contributed by atoms with Gasteiger partial charge in [0, 0.05) is 61.3 Å². The van der Waals surface area contributed by atoms with Gasteiger partial charge in [-0.15, -0.1) is 0 Å². The van der Waals surface area contributed by atoms with Gasteiger partial charge in [-0.2, -0.15) is 0 Å². The number of hydrogen-bond acceptors (Lipinski definition) is 5. The van der Waals surface area contributed by atoms with E-state index in [-0.39, 0.29) is 29.3 Å². The van der Waals surface area contributed by atoms with Gasteiger partial charge in [0.1, 0.15) is 0 Å². The Morgan fingerprint density at radius 2 is 1.92 bits per heavy atom. The minimum atomic E-state index is -0.280. The molecule has 0 saturated carbocycles. The van der Waals surface area contributed by atoms with Gasteiger partial charge in [-0.1, -0.05) is 13.0 Å². The quantitative estimate of drug-likeness (QED) is 0.556. The molecule has 3 unspecified atom stereocenters. The van der Waals surface area contributed by atoms with Crippen LogP contribution in [0.5, 0.6) is 0 Å². The highest BCUT2D eigenvalue weighted by molar-refractivity contribution is 6.07. The van der Waals surface area contributed by atoms with E-state index >= 15 is 0 Å². The van der Waals surface area contributed by atoms with Crippen LogP contribution < -0.4 is 21.1 Å². The van der Waals surface area contributed by atoms with Gasteiger partial charge in [0.2, 0.25) is 0 Å². The van der Waals surface area contributed by atoms with Gasteiger partial charge < -0.3 is 20.1 Å². The SMILES string of the molecule is CCC(C)NC(=O)c1ccc(N2CC3CC(C2)c2cccc(=O)n2C3)c(NC(=O)c2cccnc2)c1. The zero-order valence-corrected chi connectivity index (χ0v) is 20.6. The molecule has 0 aliphatic carbocycles. The second-order valence-corrected chi connectivity index (χ2v) is 9.81. The Bertz CT molecular complexity index is 1340. The lowest BCUT2D eigenvalue weighted by Crippen LogP contribution is -2.47. The molecule has 2 bridgehead atoms. The largest absolute Gasteiger partial charge is 0.369 e. The zero-order valence-electron chi connectivity index (χ0n) is 20.6. The van der Waals surface area contributed by atoms with Crippen molar-refractivity contribution in [3.8, 4) is 0 Å². The maximum atomic E-state index is 13.0. The topological polar surface area (TPSA) is 96.3 Å². The first-order valence-electron chi connectivity index (χ1n) is 12.5. The number of carbonyl (C=O) groups excluding carboxylic acids is 2. The van der Waals surface area contributed by atoms with Crippen molar-refractivity contribution in [1.82, 2.24) is 14.9 Å². The number of piperidine rings is 1. The Morgan fingerprint density at radius 3 is 2.69 bits per heavy atom. The average Bonchev–Trinajstić information content (AvgIpc) is 2.89. The smallest absolute Gasteiger partial charge is 0.257 e. The first kappa shape index (κ1) is 23.8. The van der Waals surface area contributed by atoms with E-state index in [1.165, 1.54) is 6.20 Å². The number of aromatic nitrogens is 2. The predicted octanol–water partition coefficient (Wildman–Crippen LogP) is 3.65. The summed E-state index contributed by atoms with van der Waals surface area (Å²) < 4.78 is 1.91.